The van der Waals surface area contributed by atoms with Crippen LogP contribution in [-0.4, -0.2) is 96.7 Å². The Labute approximate surface area is 600 Å². The van der Waals surface area contributed by atoms with E-state index in [2.05, 4.69) is 34.6 Å². The molecule has 0 aliphatic carbocycles. The van der Waals surface area contributed by atoms with Gasteiger partial charge in [0, 0.05) is 25.7 Å². The summed E-state index contributed by atoms with van der Waals surface area (Å²) in [6.07, 6.45) is 62.4. The van der Waals surface area contributed by atoms with Gasteiger partial charge in [-0.2, -0.15) is 0 Å². The number of carbonyl (C=O) groups excluding carboxylic acids is 4. The smallest absolute Gasteiger partial charge is 0.462 e. The Morgan fingerprint density at radius 1 is 0.276 bits per heavy atom. The van der Waals surface area contributed by atoms with Crippen LogP contribution in [0.2, 0.25) is 0 Å². The summed E-state index contributed by atoms with van der Waals surface area (Å²) < 4.78 is 68.7. The standard InChI is InChI=1S/C79H154O17P2/c1-6-9-12-15-18-21-24-27-29-30-31-32-34-37-40-43-50-55-60-65-79(84)95-74(68-89-76(81)62-57-52-47-41-38-36-33-28-25-22-19-16-13-10-7-2)70-93-97(85,86)91-66-73(80)67-92-98(87,88)94-71-75(69-90-77(82)63-58-53-48-45-44-46-51-56-61-72(4)5)96-78(83)64-59-54-49-42-39-35-26-23-20-17-14-11-8-3/h72-75,80H,6-71H2,1-5H3,(H,85,86)(H,87,88)/t73-,74-,75-/m1/s1. The van der Waals surface area contributed by atoms with Gasteiger partial charge in [0.2, 0.25) is 0 Å². The molecule has 0 bridgehead atoms. The van der Waals surface area contributed by atoms with E-state index in [0.717, 1.165) is 95.8 Å². The van der Waals surface area contributed by atoms with Crippen LogP contribution in [0, 0.1) is 5.92 Å². The van der Waals surface area contributed by atoms with Crippen molar-refractivity contribution in [3.63, 3.8) is 0 Å². The van der Waals surface area contributed by atoms with E-state index in [-0.39, 0.29) is 25.7 Å². The molecule has 0 saturated heterocycles. The lowest BCUT2D eigenvalue weighted by Gasteiger charge is -2.21. The van der Waals surface area contributed by atoms with Crippen molar-refractivity contribution in [2.45, 2.75) is 438 Å². The molecule has 0 spiro atoms. The minimum Gasteiger partial charge on any atom is -0.462 e. The van der Waals surface area contributed by atoms with Crippen LogP contribution in [-0.2, 0) is 65.4 Å². The second kappa shape index (κ2) is 72.0. The average Bonchev–Trinajstić information content (AvgIpc) is 1.08. The number of phosphoric acid groups is 2. The molecule has 2 unspecified atom stereocenters. The van der Waals surface area contributed by atoms with Crippen LogP contribution in [0.4, 0.5) is 0 Å². The molecule has 17 nitrogen and oxygen atoms in total. The van der Waals surface area contributed by atoms with E-state index in [1.165, 1.54) is 244 Å². The summed E-state index contributed by atoms with van der Waals surface area (Å²) in [6, 6.07) is 0. The molecular weight excluding hydrogens is 1280 g/mol. The van der Waals surface area contributed by atoms with Gasteiger partial charge in [-0.1, -0.05) is 369 Å². The fourth-order valence-corrected chi connectivity index (χ4v) is 13.8. The van der Waals surface area contributed by atoms with Crippen LogP contribution >= 0.6 is 15.6 Å². The van der Waals surface area contributed by atoms with Gasteiger partial charge >= 0.3 is 39.5 Å². The first-order valence-corrected chi connectivity index (χ1v) is 44.1. The van der Waals surface area contributed by atoms with Gasteiger partial charge in [0.15, 0.2) is 12.2 Å². The monoisotopic (exact) mass is 1440 g/mol. The molecule has 98 heavy (non-hydrogen) atoms. The van der Waals surface area contributed by atoms with Crippen LogP contribution in [0.1, 0.15) is 420 Å². The van der Waals surface area contributed by atoms with E-state index in [9.17, 15) is 43.2 Å². The molecule has 0 aromatic carbocycles. The van der Waals surface area contributed by atoms with Gasteiger partial charge in [0.1, 0.15) is 19.3 Å². The fraction of sp³-hybridized carbons (Fsp3) is 0.949. The number of ether oxygens (including phenoxy) is 4. The van der Waals surface area contributed by atoms with Gasteiger partial charge in [0.05, 0.1) is 26.4 Å². The van der Waals surface area contributed by atoms with Gasteiger partial charge < -0.3 is 33.8 Å². The molecule has 0 rings (SSSR count). The number of aliphatic hydroxyl groups excluding tert-OH is 1. The van der Waals surface area contributed by atoms with Gasteiger partial charge in [-0.05, 0) is 31.6 Å². The SMILES string of the molecule is CCCCCCCCCCCCCCCCCCCCCC(=O)O[C@H](COC(=O)CCCCCCCCCCCCCCCCC)COP(=O)(O)OC[C@@H](O)COP(=O)(O)OC[C@@H](COC(=O)CCCCCCCCCCC(C)C)OC(=O)CCCCCCCCCCCCCCC. The summed E-state index contributed by atoms with van der Waals surface area (Å²) in [5.74, 6) is -1.38. The second-order valence-corrected chi connectivity index (χ2v) is 31.8. The Kier molecular flexibility index (Phi) is 70.6. The molecule has 0 amide bonds. The normalized spacial score (nSPS) is 13.9. The Balaban J connectivity index is 5.24. The van der Waals surface area contributed by atoms with Crippen LogP contribution in [0.25, 0.3) is 0 Å². The van der Waals surface area contributed by atoms with E-state index in [4.69, 9.17) is 37.0 Å². The second-order valence-electron chi connectivity index (χ2n) is 28.9. The number of phosphoric ester groups is 2. The third-order valence-electron chi connectivity index (χ3n) is 18.5. The highest BCUT2D eigenvalue weighted by Gasteiger charge is 2.30. The highest BCUT2D eigenvalue weighted by atomic mass is 31.2. The molecule has 0 aromatic heterocycles. The van der Waals surface area contributed by atoms with Crippen LogP contribution in [0.3, 0.4) is 0 Å². The predicted molar refractivity (Wildman–Crippen MR) is 400 cm³/mol. The van der Waals surface area contributed by atoms with Gasteiger partial charge in [-0.25, -0.2) is 9.13 Å². The Morgan fingerprint density at radius 2 is 0.469 bits per heavy atom. The molecule has 0 fully saturated rings. The number of carbonyl (C=O) groups is 4. The van der Waals surface area contributed by atoms with Gasteiger partial charge in [-0.3, -0.25) is 37.3 Å². The molecular formula is C79H154O17P2. The first-order chi connectivity index (χ1) is 47.5. The molecule has 0 aliphatic rings. The molecule has 0 heterocycles. The maximum Gasteiger partial charge on any atom is 0.472 e. The fourth-order valence-electron chi connectivity index (χ4n) is 12.2. The lowest BCUT2D eigenvalue weighted by Crippen LogP contribution is -2.30. The summed E-state index contributed by atoms with van der Waals surface area (Å²) >= 11 is 0. The van der Waals surface area contributed by atoms with Crippen LogP contribution in [0.5, 0.6) is 0 Å². The number of rotatable bonds is 79. The maximum atomic E-state index is 13.1. The molecule has 0 radical (unpaired) electrons. The third-order valence-corrected chi connectivity index (χ3v) is 20.4. The third kappa shape index (κ3) is 72.4. The maximum absolute atomic E-state index is 13.1. The molecule has 5 atom stereocenters. The first-order valence-electron chi connectivity index (χ1n) is 41.1. The quantitative estimate of drug-likeness (QED) is 0.0222. The first kappa shape index (κ1) is 96.1. The van der Waals surface area contributed by atoms with Crippen molar-refractivity contribution in [1.82, 2.24) is 0 Å². The number of hydrogen-bond donors (Lipinski definition) is 3. The zero-order valence-electron chi connectivity index (χ0n) is 63.9. The summed E-state index contributed by atoms with van der Waals surface area (Å²) in [5.41, 5.74) is 0. The molecule has 3 N–H and O–H groups in total. The summed E-state index contributed by atoms with van der Waals surface area (Å²) in [6.45, 7) is 7.29. The number of hydrogen-bond acceptors (Lipinski definition) is 15. The highest BCUT2D eigenvalue weighted by molar-refractivity contribution is 7.47. The molecule has 0 saturated carbocycles. The molecule has 0 aliphatic heterocycles. The molecule has 0 aromatic rings. The predicted octanol–water partition coefficient (Wildman–Crippen LogP) is 23.6. The number of esters is 4. The van der Waals surface area contributed by atoms with Gasteiger partial charge in [0.25, 0.3) is 0 Å². The lowest BCUT2D eigenvalue weighted by molar-refractivity contribution is -0.161. The zero-order valence-corrected chi connectivity index (χ0v) is 65.7. The summed E-state index contributed by atoms with van der Waals surface area (Å²) in [4.78, 5) is 72.9. The van der Waals surface area contributed by atoms with Crippen LogP contribution in [0.15, 0.2) is 0 Å². The van der Waals surface area contributed by atoms with Crippen molar-refractivity contribution in [3.05, 3.63) is 0 Å². The highest BCUT2D eigenvalue weighted by Crippen LogP contribution is 2.45. The van der Waals surface area contributed by atoms with Crippen LogP contribution < -0.4 is 0 Å². The van der Waals surface area contributed by atoms with Crippen molar-refractivity contribution in [1.29, 1.82) is 0 Å². The average molecular weight is 1440 g/mol. The van der Waals surface area contributed by atoms with E-state index in [1.807, 2.05) is 0 Å². The van der Waals surface area contributed by atoms with E-state index in [0.29, 0.717) is 25.7 Å². The minimum absolute atomic E-state index is 0.108. The van der Waals surface area contributed by atoms with E-state index < -0.39 is 97.5 Å². The summed E-state index contributed by atoms with van der Waals surface area (Å²) in [7, 11) is -9.91. The Morgan fingerprint density at radius 3 is 0.694 bits per heavy atom. The summed E-state index contributed by atoms with van der Waals surface area (Å²) in [5, 5.41) is 10.6. The van der Waals surface area contributed by atoms with Crippen molar-refractivity contribution >= 4 is 39.5 Å². The largest absolute Gasteiger partial charge is 0.472 e. The minimum atomic E-state index is -4.96. The van der Waals surface area contributed by atoms with Gasteiger partial charge in [-0.15, -0.1) is 0 Å². The zero-order chi connectivity index (χ0) is 71.9. The number of aliphatic hydroxyl groups is 1. The van der Waals surface area contributed by atoms with Crippen molar-refractivity contribution in [2.75, 3.05) is 39.6 Å². The Bertz CT molecular complexity index is 1870. The van der Waals surface area contributed by atoms with E-state index in [1.54, 1.807) is 0 Å². The molecule has 19 heteroatoms. The number of unbranched alkanes of at least 4 members (excludes halogenated alkanes) is 51. The van der Waals surface area contributed by atoms with E-state index >= 15 is 0 Å². The van der Waals surface area contributed by atoms with Crippen molar-refractivity contribution in [2.24, 2.45) is 5.92 Å². The molecule has 582 valence electrons. The van der Waals surface area contributed by atoms with Crippen molar-refractivity contribution < 1.29 is 80.2 Å². The Hall–Kier alpha value is -1.94. The lowest BCUT2D eigenvalue weighted by atomic mass is 10.0. The topological polar surface area (TPSA) is 237 Å². The van der Waals surface area contributed by atoms with Crippen molar-refractivity contribution in [3.8, 4) is 0 Å².